The number of ether oxygens (including phenoxy) is 2. The van der Waals surface area contributed by atoms with E-state index < -0.39 is 40.8 Å². The van der Waals surface area contributed by atoms with Gasteiger partial charge in [0.15, 0.2) is 16.6 Å². The Hall–Kier alpha value is -0.299. The molecule has 2 unspecified atom stereocenters. The van der Waals surface area contributed by atoms with Crippen LogP contribution < -0.4 is 0 Å². The van der Waals surface area contributed by atoms with Crippen LogP contribution in [0.15, 0.2) is 12.7 Å². The molecule has 0 amide bonds. The standard InChI is InChI=1S/C16H36O6Si3/c1-9-14(18)20-16(13-17,22-25(6,7)8)15(19-2,11-10-12-23)21-24(3,4)5/h9,17H,1,10-13H2,2-8,23H3. The second kappa shape index (κ2) is 9.58. The summed E-state index contributed by atoms with van der Waals surface area (Å²) in [6.45, 7) is 14.8. The molecule has 0 aromatic carbocycles. The van der Waals surface area contributed by atoms with E-state index in [2.05, 4.69) is 6.58 Å². The molecule has 0 spiro atoms. The van der Waals surface area contributed by atoms with Gasteiger partial charge in [0.1, 0.15) is 6.61 Å². The Labute approximate surface area is 157 Å². The van der Waals surface area contributed by atoms with Crippen LogP contribution in [0, 0.1) is 0 Å². The van der Waals surface area contributed by atoms with Gasteiger partial charge in [-0.1, -0.05) is 19.0 Å². The lowest BCUT2D eigenvalue weighted by Gasteiger charge is -2.51. The fraction of sp³-hybridized carbons (Fsp3) is 0.812. The average Bonchev–Trinajstić information content (AvgIpc) is 2.47. The molecule has 0 radical (unpaired) electrons. The van der Waals surface area contributed by atoms with Crippen LogP contribution in [0.4, 0.5) is 0 Å². The molecule has 0 aliphatic heterocycles. The summed E-state index contributed by atoms with van der Waals surface area (Å²) in [6, 6.07) is 1.03. The van der Waals surface area contributed by atoms with Crippen LogP contribution in [-0.2, 0) is 23.1 Å². The number of hydrogen-bond donors (Lipinski definition) is 1. The molecule has 0 heterocycles. The maximum Gasteiger partial charge on any atom is 0.332 e. The first-order valence-electron chi connectivity index (χ1n) is 8.72. The molecule has 9 heteroatoms. The third-order valence-electron chi connectivity index (χ3n) is 3.35. The van der Waals surface area contributed by atoms with Crippen molar-refractivity contribution in [2.45, 2.75) is 69.7 Å². The molecular weight excluding hydrogens is 372 g/mol. The fourth-order valence-electron chi connectivity index (χ4n) is 2.58. The molecular formula is C16H36O6Si3. The summed E-state index contributed by atoms with van der Waals surface area (Å²) in [4.78, 5) is 12.1. The zero-order chi connectivity index (χ0) is 19.9. The lowest BCUT2D eigenvalue weighted by atomic mass is 10.0. The average molecular weight is 409 g/mol. The Morgan fingerprint density at radius 1 is 1.12 bits per heavy atom. The second-order valence-corrected chi connectivity index (χ2v) is 17.9. The maximum absolute atomic E-state index is 12.1. The number of aliphatic hydroxyl groups excluding tert-OH is 1. The fourth-order valence-corrected chi connectivity index (χ4v) is 5.52. The smallest absolute Gasteiger partial charge is 0.332 e. The van der Waals surface area contributed by atoms with Crippen molar-refractivity contribution >= 4 is 32.8 Å². The monoisotopic (exact) mass is 408 g/mol. The van der Waals surface area contributed by atoms with Crippen LogP contribution in [0.1, 0.15) is 12.8 Å². The van der Waals surface area contributed by atoms with E-state index in [0.29, 0.717) is 6.42 Å². The van der Waals surface area contributed by atoms with Crippen molar-refractivity contribution < 1.29 is 28.2 Å². The minimum absolute atomic E-state index is 0.465. The van der Waals surface area contributed by atoms with Crippen molar-refractivity contribution in [3.63, 3.8) is 0 Å². The van der Waals surface area contributed by atoms with Crippen LogP contribution >= 0.6 is 0 Å². The van der Waals surface area contributed by atoms with E-state index in [9.17, 15) is 9.90 Å². The lowest BCUT2D eigenvalue weighted by Crippen LogP contribution is -2.68. The molecule has 2 atom stereocenters. The SMILES string of the molecule is C=CC(=O)OC(CO)(O[Si](C)(C)C)C(CCC[SiH3])(OC)O[Si](C)(C)C. The minimum atomic E-state index is -2.24. The topological polar surface area (TPSA) is 74.2 Å². The zero-order valence-electron chi connectivity index (χ0n) is 17.1. The number of rotatable bonds is 12. The van der Waals surface area contributed by atoms with Gasteiger partial charge in [-0.2, -0.15) is 0 Å². The highest BCUT2D eigenvalue weighted by atomic mass is 28.4. The molecule has 148 valence electrons. The summed E-state index contributed by atoms with van der Waals surface area (Å²) in [5.41, 5.74) is 0. The van der Waals surface area contributed by atoms with E-state index in [-0.39, 0.29) is 0 Å². The highest BCUT2D eigenvalue weighted by molar-refractivity contribution is 6.70. The van der Waals surface area contributed by atoms with Crippen molar-refractivity contribution in [3.05, 3.63) is 12.7 Å². The van der Waals surface area contributed by atoms with Gasteiger partial charge in [-0.05, 0) is 39.3 Å². The van der Waals surface area contributed by atoms with E-state index >= 15 is 0 Å². The Balaban J connectivity index is 6.34. The molecule has 0 bridgehead atoms. The number of esters is 1. The van der Waals surface area contributed by atoms with Gasteiger partial charge in [0, 0.05) is 29.8 Å². The molecule has 0 aliphatic carbocycles. The van der Waals surface area contributed by atoms with Crippen LogP contribution in [0.5, 0.6) is 0 Å². The van der Waals surface area contributed by atoms with Crippen LogP contribution in [0.3, 0.4) is 0 Å². The Morgan fingerprint density at radius 2 is 1.60 bits per heavy atom. The third-order valence-corrected chi connectivity index (χ3v) is 5.94. The van der Waals surface area contributed by atoms with Gasteiger partial charge < -0.3 is 23.4 Å². The van der Waals surface area contributed by atoms with Gasteiger partial charge in [-0.25, -0.2) is 4.79 Å². The number of carbonyl (C=O) groups excluding carboxylic acids is 1. The summed E-state index contributed by atoms with van der Waals surface area (Å²) >= 11 is 0. The maximum atomic E-state index is 12.1. The van der Waals surface area contributed by atoms with Gasteiger partial charge in [-0.15, -0.1) is 0 Å². The van der Waals surface area contributed by atoms with Crippen LogP contribution in [0.2, 0.25) is 45.3 Å². The Kier molecular flexibility index (Phi) is 9.47. The quantitative estimate of drug-likeness (QED) is 0.230. The number of methoxy groups -OCH3 is 1. The highest BCUT2D eigenvalue weighted by Gasteiger charge is 2.60. The molecule has 0 saturated heterocycles. The van der Waals surface area contributed by atoms with Gasteiger partial charge in [0.25, 0.3) is 5.79 Å². The molecule has 0 saturated carbocycles. The van der Waals surface area contributed by atoms with Crippen molar-refractivity contribution in [3.8, 4) is 0 Å². The molecule has 0 aromatic heterocycles. The summed E-state index contributed by atoms with van der Waals surface area (Å²) in [5.74, 6) is -3.77. The predicted octanol–water partition coefficient (Wildman–Crippen LogP) is 2.01. The van der Waals surface area contributed by atoms with Crippen molar-refractivity contribution in [2.24, 2.45) is 0 Å². The zero-order valence-corrected chi connectivity index (χ0v) is 21.1. The van der Waals surface area contributed by atoms with Gasteiger partial charge in [-0.3, -0.25) is 0 Å². The van der Waals surface area contributed by atoms with E-state index in [1.807, 2.05) is 39.3 Å². The number of aliphatic hydroxyl groups is 1. The summed E-state index contributed by atoms with van der Waals surface area (Å²) < 4.78 is 24.0. The minimum Gasteiger partial charge on any atom is -0.422 e. The largest absolute Gasteiger partial charge is 0.422 e. The Morgan fingerprint density at radius 3 is 1.92 bits per heavy atom. The molecule has 0 aromatic rings. The summed E-state index contributed by atoms with van der Waals surface area (Å²) in [7, 11) is -1.83. The number of hydrogen-bond acceptors (Lipinski definition) is 6. The van der Waals surface area contributed by atoms with E-state index in [0.717, 1.165) is 28.8 Å². The molecule has 25 heavy (non-hydrogen) atoms. The van der Waals surface area contributed by atoms with Gasteiger partial charge in [0.2, 0.25) is 5.79 Å². The third kappa shape index (κ3) is 7.45. The Bertz CT molecular complexity index is 446. The van der Waals surface area contributed by atoms with E-state index in [1.165, 1.54) is 7.11 Å². The lowest BCUT2D eigenvalue weighted by molar-refractivity contribution is -0.360. The van der Waals surface area contributed by atoms with Crippen LogP contribution in [-0.4, -0.2) is 63.2 Å². The molecule has 1 N–H and O–H groups in total. The second-order valence-electron chi connectivity index (χ2n) is 8.03. The van der Waals surface area contributed by atoms with Crippen molar-refractivity contribution in [1.29, 1.82) is 0 Å². The predicted molar refractivity (Wildman–Crippen MR) is 109 cm³/mol. The van der Waals surface area contributed by atoms with Gasteiger partial charge >= 0.3 is 5.97 Å². The first kappa shape index (κ1) is 24.7. The van der Waals surface area contributed by atoms with Crippen LogP contribution in [0.25, 0.3) is 0 Å². The molecule has 6 nitrogen and oxygen atoms in total. The first-order valence-corrected chi connectivity index (χ1v) is 16.9. The molecule has 0 fully saturated rings. The normalized spacial score (nSPS) is 17.6. The van der Waals surface area contributed by atoms with Crippen molar-refractivity contribution in [1.82, 2.24) is 0 Å². The number of carbonyl (C=O) groups is 1. The van der Waals surface area contributed by atoms with E-state index in [1.54, 1.807) is 0 Å². The molecule has 0 rings (SSSR count). The summed E-state index contributed by atoms with van der Waals surface area (Å²) in [5, 5.41) is 10.3. The van der Waals surface area contributed by atoms with Gasteiger partial charge in [0.05, 0.1) is 0 Å². The first-order chi connectivity index (χ1) is 11.3. The molecule has 0 aliphatic rings. The van der Waals surface area contributed by atoms with Crippen molar-refractivity contribution in [2.75, 3.05) is 13.7 Å². The van der Waals surface area contributed by atoms with E-state index in [4.69, 9.17) is 18.3 Å². The highest BCUT2D eigenvalue weighted by Crippen LogP contribution is 2.41. The summed E-state index contributed by atoms with van der Waals surface area (Å²) in [6.07, 6.45) is 2.35.